The number of nitrogens with zero attached hydrogens (tertiary/aromatic N) is 1. The monoisotopic (exact) mass is 267 g/mol. The molecule has 2 unspecified atom stereocenters. The van der Waals surface area contributed by atoms with Gasteiger partial charge >= 0.3 is 0 Å². The quantitative estimate of drug-likeness (QED) is 0.885. The maximum absolute atomic E-state index is 12.0. The van der Waals surface area contributed by atoms with Gasteiger partial charge in [0.15, 0.2) is 0 Å². The van der Waals surface area contributed by atoms with Gasteiger partial charge in [-0.3, -0.25) is 4.79 Å². The lowest BCUT2D eigenvalue weighted by atomic mass is 10.1. The van der Waals surface area contributed by atoms with Gasteiger partial charge in [0.05, 0.1) is 10.6 Å². The first-order valence-corrected chi connectivity index (χ1v) is 6.62. The molecule has 0 aromatic carbocycles. The second-order valence-corrected chi connectivity index (χ2v) is 5.30. The van der Waals surface area contributed by atoms with Gasteiger partial charge < -0.3 is 10.6 Å². The highest BCUT2D eigenvalue weighted by Crippen LogP contribution is 2.25. The molecule has 1 aromatic rings. The van der Waals surface area contributed by atoms with E-state index in [9.17, 15) is 4.79 Å². The van der Waals surface area contributed by atoms with Gasteiger partial charge in [0.25, 0.3) is 5.91 Å². The second kappa shape index (κ2) is 5.57. The molecule has 0 radical (unpaired) electrons. The molecule has 1 aliphatic carbocycles. The van der Waals surface area contributed by atoms with Crippen LogP contribution < -0.4 is 10.6 Å². The van der Waals surface area contributed by atoms with E-state index in [1.807, 2.05) is 0 Å². The van der Waals surface area contributed by atoms with Crippen LogP contribution in [0.5, 0.6) is 0 Å². The topological polar surface area (TPSA) is 54.0 Å². The zero-order valence-corrected chi connectivity index (χ0v) is 11.4. The Hall–Kier alpha value is -1.29. The van der Waals surface area contributed by atoms with Crippen LogP contribution in [0.25, 0.3) is 0 Å². The first-order valence-electron chi connectivity index (χ1n) is 6.24. The van der Waals surface area contributed by atoms with Crippen LogP contribution in [-0.2, 0) is 0 Å². The van der Waals surface area contributed by atoms with Gasteiger partial charge in [0.2, 0.25) is 0 Å². The summed E-state index contributed by atoms with van der Waals surface area (Å²) in [4.78, 5) is 16.1. The maximum atomic E-state index is 12.0. The number of hydrogen-bond acceptors (Lipinski definition) is 3. The van der Waals surface area contributed by atoms with Crippen molar-refractivity contribution in [2.75, 3.05) is 12.4 Å². The van der Waals surface area contributed by atoms with E-state index in [2.05, 4.69) is 22.5 Å². The molecule has 1 fully saturated rings. The fraction of sp³-hybridized carbons (Fsp3) is 0.538. The number of carbonyl (C=O) groups is 1. The van der Waals surface area contributed by atoms with Crippen LogP contribution >= 0.6 is 11.6 Å². The minimum Gasteiger partial charge on any atom is -0.372 e. The van der Waals surface area contributed by atoms with Gasteiger partial charge in [-0.25, -0.2) is 4.98 Å². The van der Waals surface area contributed by atoms with Crippen molar-refractivity contribution in [2.24, 2.45) is 5.92 Å². The lowest BCUT2D eigenvalue weighted by Gasteiger charge is -2.12. The molecule has 1 saturated carbocycles. The highest BCUT2D eigenvalue weighted by atomic mass is 35.5. The SMILES string of the molecule is CNc1ncc(C(=O)NC2CCC(C)C2)cc1Cl. The summed E-state index contributed by atoms with van der Waals surface area (Å²) in [5.74, 6) is 1.19. The van der Waals surface area contributed by atoms with E-state index in [-0.39, 0.29) is 11.9 Å². The van der Waals surface area contributed by atoms with Crippen molar-refractivity contribution in [3.05, 3.63) is 22.8 Å². The molecule has 18 heavy (non-hydrogen) atoms. The van der Waals surface area contributed by atoms with Crippen LogP contribution in [0, 0.1) is 5.92 Å². The first-order chi connectivity index (χ1) is 8.60. The molecule has 0 bridgehead atoms. The minimum atomic E-state index is -0.0915. The molecule has 5 heteroatoms. The third kappa shape index (κ3) is 2.93. The summed E-state index contributed by atoms with van der Waals surface area (Å²) in [5, 5.41) is 6.36. The highest BCUT2D eigenvalue weighted by molar-refractivity contribution is 6.33. The molecule has 1 aliphatic rings. The third-order valence-electron chi connectivity index (χ3n) is 3.37. The number of hydrogen-bond donors (Lipinski definition) is 2. The predicted molar refractivity (Wildman–Crippen MR) is 73.1 cm³/mol. The minimum absolute atomic E-state index is 0.0915. The fourth-order valence-electron chi connectivity index (χ4n) is 2.35. The number of rotatable bonds is 3. The number of carbonyl (C=O) groups excluding carboxylic acids is 1. The molecular weight excluding hydrogens is 250 g/mol. The number of pyridine rings is 1. The largest absolute Gasteiger partial charge is 0.372 e. The lowest BCUT2D eigenvalue weighted by molar-refractivity contribution is 0.0937. The predicted octanol–water partition coefficient (Wildman–Crippen LogP) is 2.70. The summed E-state index contributed by atoms with van der Waals surface area (Å²) in [7, 11) is 1.74. The van der Waals surface area contributed by atoms with Crippen LogP contribution in [0.1, 0.15) is 36.5 Å². The van der Waals surface area contributed by atoms with Gasteiger partial charge in [-0.1, -0.05) is 18.5 Å². The average Bonchev–Trinajstić information content (AvgIpc) is 2.74. The molecule has 1 amide bonds. The lowest BCUT2D eigenvalue weighted by Crippen LogP contribution is -2.32. The molecule has 0 aliphatic heterocycles. The van der Waals surface area contributed by atoms with E-state index in [0.717, 1.165) is 12.8 Å². The molecule has 2 N–H and O–H groups in total. The Morgan fingerprint density at radius 1 is 1.50 bits per heavy atom. The van der Waals surface area contributed by atoms with Crippen molar-refractivity contribution in [1.82, 2.24) is 10.3 Å². The highest BCUT2D eigenvalue weighted by Gasteiger charge is 2.23. The number of nitrogens with one attached hydrogen (secondary N) is 2. The first kappa shape index (κ1) is 13.1. The van der Waals surface area contributed by atoms with Gasteiger partial charge in [0, 0.05) is 19.3 Å². The summed E-state index contributed by atoms with van der Waals surface area (Å²) in [6.45, 7) is 2.21. The van der Waals surface area contributed by atoms with E-state index in [0.29, 0.717) is 22.3 Å². The van der Waals surface area contributed by atoms with Gasteiger partial charge in [-0.2, -0.15) is 0 Å². The normalized spacial score (nSPS) is 22.8. The Bertz CT molecular complexity index is 450. The van der Waals surface area contributed by atoms with Gasteiger partial charge in [-0.15, -0.1) is 0 Å². The van der Waals surface area contributed by atoms with E-state index < -0.39 is 0 Å². The van der Waals surface area contributed by atoms with Crippen molar-refractivity contribution >= 4 is 23.3 Å². The number of aromatic nitrogens is 1. The number of anilines is 1. The fourth-order valence-corrected chi connectivity index (χ4v) is 2.61. The summed E-state index contributed by atoms with van der Waals surface area (Å²) < 4.78 is 0. The van der Waals surface area contributed by atoms with Crippen molar-refractivity contribution in [3.63, 3.8) is 0 Å². The second-order valence-electron chi connectivity index (χ2n) is 4.89. The van der Waals surface area contributed by atoms with Crippen LogP contribution in [0.2, 0.25) is 5.02 Å². The van der Waals surface area contributed by atoms with Crippen LogP contribution in [-0.4, -0.2) is 24.0 Å². The summed E-state index contributed by atoms with van der Waals surface area (Å²) in [6.07, 6.45) is 4.85. The van der Waals surface area contributed by atoms with Gasteiger partial charge in [-0.05, 0) is 31.2 Å². The van der Waals surface area contributed by atoms with Crippen LogP contribution in [0.4, 0.5) is 5.82 Å². The number of amides is 1. The van der Waals surface area contributed by atoms with Crippen molar-refractivity contribution in [2.45, 2.75) is 32.2 Å². The Morgan fingerprint density at radius 2 is 2.28 bits per heavy atom. The Kier molecular flexibility index (Phi) is 4.07. The number of halogens is 1. The standard InChI is InChI=1S/C13H18ClN3O/c1-8-3-4-10(5-8)17-13(18)9-6-11(14)12(15-2)16-7-9/h6-8,10H,3-5H2,1-2H3,(H,15,16)(H,17,18). The molecule has 0 saturated heterocycles. The molecule has 2 rings (SSSR count). The molecular formula is C13H18ClN3O. The third-order valence-corrected chi connectivity index (χ3v) is 3.66. The van der Waals surface area contributed by atoms with Crippen LogP contribution in [0.3, 0.4) is 0 Å². The molecule has 1 aromatic heterocycles. The summed E-state index contributed by atoms with van der Waals surface area (Å²) in [6, 6.07) is 1.93. The average molecular weight is 268 g/mol. The molecule has 2 atom stereocenters. The molecule has 1 heterocycles. The van der Waals surface area contributed by atoms with E-state index in [4.69, 9.17) is 11.6 Å². The van der Waals surface area contributed by atoms with Gasteiger partial charge in [0.1, 0.15) is 5.82 Å². The Morgan fingerprint density at radius 3 is 2.83 bits per heavy atom. The van der Waals surface area contributed by atoms with Crippen molar-refractivity contribution < 1.29 is 4.79 Å². The van der Waals surface area contributed by atoms with Crippen LogP contribution in [0.15, 0.2) is 12.3 Å². The zero-order chi connectivity index (χ0) is 13.1. The van der Waals surface area contributed by atoms with E-state index in [1.54, 1.807) is 19.3 Å². The van der Waals surface area contributed by atoms with Crippen molar-refractivity contribution in [1.29, 1.82) is 0 Å². The van der Waals surface area contributed by atoms with E-state index in [1.165, 1.54) is 6.42 Å². The zero-order valence-electron chi connectivity index (χ0n) is 10.7. The smallest absolute Gasteiger partial charge is 0.253 e. The summed E-state index contributed by atoms with van der Waals surface area (Å²) >= 11 is 6.01. The maximum Gasteiger partial charge on any atom is 0.253 e. The van der Waals surface area contributed by atoms with E-state index >= 15 is 0 Å². The van der Waals surface area contributed by atoms with Crippen molar-refractivity contribution in [3.8, 4) is 0 Å². The Balaban J connectivity index is 2.02. The molecule has 0 spiro atoms. The Labute approximate surface area is 112 Å². The summed E-state index contributed by atoms with van der Waals surface area (Å²) in [5.41, 5.74) is 0.513. The molecule has 4 nitrogen and oxygen atoms in total. The molecule has 98 valence electrons.